The van der Waals surface area contributed by atoms with Gasteiger partial charge in [-0.05, 0) is 6.42 Å². The highest BCUT2D eigenvalue weighted by Crippen LogP contribution is 2.08. The van der Waals surface area contributed by atoms with Gasteiger partial charge in [-0.15, -0.1) is 0 Å². The number of carbonyl (C=O) groups excluding carboxylic acids is 2. The highest BCUT2D eigenvalue weighted by atomic mass is 16.5. The lowest BCUT2D eigenvalue weighted by molar-refractivity contribution is -0.146. The second-order valence-electron chi connectivity index (χ2n) is 3.73. The molecule has 0 spiro atoms. The summed E-state index contributed by atoms with van der Waals surface area (Å²) in [5, 5.41) is 8.75. The molecule has 1 amide bonds. The van der Waals surface area contributed by atoms with Gasteiger partial charge >= 0.3 is 5.97 Å². The molecule has 90 valence electrons. The van der Waals surface area contributed by atoms with Gasteiger partial charge in [0.1, 0.15) is 5.92 Å². The number of hydrogen-bond acceptors (Lipinski definition) is 4. The van der Waals surface area contributed by atoms with Gasteiger partial charge in [0.2, 0.25) is 5.91 Å². The molecule has 0 aromatic carbocycles. The lowest BCUT2D eigenvalue weighted by Crippen LogP contribution is -2.37. The Morgan fingerprint density at radius 1 is 1.50 bits per heavy atom. The molecule has 5 heteroatoms. The van der Waals surface area contributed by atoms with E-state index in [2.05, 4.69) is 4.74 Å². The highest BCUT2D eigenvalue weighted by Gasteiger charge is 2.23. The van der Waals surface area contributed by atoms with Crippen molar-refractivity contribution < 1.29 is 14.3 Å². The maximum Gasteiger partial charge on any atom is 0.310 e. The molecule has 0 aliphatic carbocycles. The van der Waals surface area contributed by atoms with E-state index in [0.29, 0.717) is 6.42 Å². The van der Waals surface area contributed by atoms with E-state index in [-0.39, 0.29) is 24.3 Å². The molecule has 0 aromatic rings. The van der Waals surface area contributed by atoms with Crippen molar-refractivity contribution in [2.45, 2.75) is 20.3 Å². The summed E-state index contributed by atoms with van der Waals surface area (Å²) in [4.78, 5) is 24.3. The third-order valence-electron chi connectivity index (χ3n) is 2.39. The Labute approximate surface area is 96.0 Å². The summed E-state index contributed by atoms with van der Waals surface area (Å²) in [7, 11) is 2.90. The second-order valence-corrected chi connectivity index (χ2v) is 3.73. The van der Waals surface area contributed by atoms with E-state index in [1.165, 1.54) is 12.0 Å². The number of rotatable bonds is 5. The SMILES string of the molecule is CCC(C#N)C(=O)N(C)CC(C)C(=O)OC. The minimum absolute atomic E-state index is 0.249. The zero-order valence-corrected chi connectivity index (χ0v) is 10.2. The lowest BCUT2D eigenvalue weighted by atomic mass is 10.1. The largest absolute Gasteiger partial charge is 0.469 e. The van der Waals surface area contributed by atoms with Crippen LogP contribution < -0.4 is 0 Å². The van der Waals surface area contributed by atoms with Gasteiger partial charge in [-0.25, -0.2) is 0 Å². The molecule has 0 heterocycles. The maximum absolute atomic E-state index is 11.7. The van der Waals surface area contributed by atoms with Crippen LogP contribution in [-0.2, 0) is 14.3 Å². The number of carbonyl (C=O) groups is 2. The fourth-order valence-corrected chi connectivity index (χ4v) is 1.36. The van der Waals surface area contributed by atoms with Crippen LogP contribution in [0, 0.1) is 23.2 Å². The van der Waals surface area contributed by atoms with Crippen molar-refractivity contribution in [1.82, 2.24) is 4.90 Å². The molecule has 0 N–H and O–H groups in total. The topological polar surface area (TPSA) is 70.4 Å². The van der Waals surface area contributed by atoms with E-state index in [9.17, 15) is 9.59 Å². The number of nitrogens with zero attached hydrogens (tertiary/aromatic N) is 2. The summed E-state index contributed by atoms with van der Waals surface area (Å²) < 4.78 is 4.56. The zero-order chi connectivity index (χ0) is 12.7. The minimum Gasteiger partial charge on any atom is -0.469 e. The van der Waals surface area contributed by atoms with Gasteiger partial charge < -0.3 is 9.64 Å². The summed E-state index contributed by atoms with van der Waals surface area (Å²) in [6.45, 7) is 3.73. The van der Waals surface area contributed by atoms with Crippen LogP contribution in [-0.4, -0.2) is 37.5 Å². The van der Waals surface area contributed by atoms with Gasteiger partial charge in [-0.3, -0.25) is 9.59 Å². The Kier molecular flexibility index (Phi) is 6.16. The van der Waals surface area contributed by atoms with Crippen molar-refractivity contribution in [2.24, 2.45) is 11.8 Å². The lowest BCUT2D eigenvalue weighted by Gasteiger charge is -2.21. The van der Waals surface area contributed by atoms with Crippen molar-refractivity contribution in [3.63, 3.8) is 0 Å². The standard InChI is InChI=1S/C11H18N2O3/c1-5-9(6-12)10(14)13(3)7-8(2)11(15)16-4/h8-9H,5,7H2,1-4H3. The van der Waals surface area contributed by atoms with Crippen molar-refractivity contribution in [2.75, 3.05) is 20.7 Å². The van der Waals surface area contributed by atoms with Crippen LogP contribution in [0.2, 0.25) is 0 Å². The third-order valence-corrected chi connectivity index (χ3v) is 2.39. The smallest absolute Gasteiger partial charge is 0.310 e. The van der Waals surface area contributed by atoms with Gasteiger partial charge in [-0.2, -0.15) is 5.26 Å². The number of nitriles is 1. The molecule has 0 aliphatic rings. The first-order valence-electron chi connectivity index (χ1n) is 5.20. The summed E-state index contributed by atoms with van der Waals surface area (Å²) >= 11 is 0. The third kappa shape index (κ3) is 3.89. The number of ether oxygens (including phenoxy) is 1. The number of esters is 1. The summed E-state index contributed by atoms with van der Waals surface area (Å²) in [5.41, 5.74) is 0. The Morgan fingerprint density at radius 3 is 2.44 bits per heavy atom. The first kappa shape index (κ1) is 14.4. The Hall–Kier alpha value is -1.57. The average molecular weight is 226 g/mol. The molecule has 5 nitrogen and oxygen atoms in total. The minimum atomic E-state index is -0.630. The zero-order valence-electron chi connectivity index (χ0n) is 10.2. The van der Waals surface area contributed by atoms with Crippen LogP contribution in [0.25, 0.3) is 0 Å². The van der Waals surface area contributed by atoms with Crippen LogP contribution >= 0.6 is 0 Å². The quantitative estimate of drug-likeness (QED) is 0.650. The fourth-order valence-electron chi connectivity index (χ4n) is 1.36. The first-order chi connectivity index (χ1) is 7.47. The van der Waals surface area contributed by atoms with Crippen LogP contribution in [0.1, 0.15) is 20.3 Å². The molecule has 2 unspecified atom stereocenters. The normalized spacial score (nSPS) is 13.4. The van der Waals surface area contributed by atoms with E-state index in [0.717, 1.165) is 0 Å². The van der Waals surface area contributed by atoms with Gasteiger partial charge in [0, 0.05) is 13.6 Å². The fraction of sp³-hybridized carbons (Fsp3) is 0.727. The van der Waals surface area contributed by atoms with Gasteiger partial charge in [0.05, 0.1) is 19.1 Å². The molecular weight excluding hydrogens is 208 g/mol. The average Bonchev–Trinajstić information content (AvgIpc) is 2.29. The molecular formula is C11H18N2O3. The molecule has 0 aliphatic heterocycles. The van der Waals surface area contributed by atoms with Crippen molar-refractivity contribution >= 4 is 11.9 Å². The Morgan fingerprint density at radius 2 is 2.06 bits per heavy atom. The van der Waals surface area contributed by atoms with Crippen molar-refractivity contribution in [1.29, 1.82) is 5.26 Å². The predicted octanol–water partition coefficient (Wildman–Crippen LogP) is 0.804. The molecule has 0 fully saturated rings. The van der Waals surface area contributed by atoms with Crippen LogP contribution in [0.15, 0.2) is 0 Å². The van der Waals surface area contributed by atoms with E-state index in [1.54, 1.807) is 20.9 Å². The Balaban J connectivity index is 4.36. The molecule has 0 radical (unpaired) electrons. The summed E-state index contributed by atoms with van der Waals surface area (Å²) in [6, 6.07) is 1.94. The molecule has 0 rings (SSSR count). The van der Waals surface area contributed by atoms with E-state index >= 15 is 0 Å². The molecule has 0 saturated heterocycles. The molecule has 0 aromatic heterocycles. The van der Waals surface area contributed by atoms with Gasteiger partial charge in [0.15, 0.2) is 0 Å². The number of hydrogen-bond donors (Lipinski definition) is 0. The molecule has 16 heavy (non-hydrogen) atoms. The first-order valence-corrected chi connectivity index (χ1v) is 5.20. The number of amides is 1. The van der Waals surface area contributed by atoms with Crippen molar-refractivity contribution in [3.8, 4) is 6.07 Å². The van der Waals surface area contributed by atoms with Gasteiger partial charge in [0.25, 0.3) is 0 Å². The monoisotopic (exact) mass is 226 g/mol. The maximum atomic E-state index is 11.7. The van der Waals surface area contributed by atoms with Crippen LogP contribution in [0.3, 0.4) is 0 Å². The molecule has 0 bridgehead atoms. The van der Waals surface area contributed by atoms with Crippen LogP contribution in [0.4, 0.5) is 0 Å². The summed E-state index contributed by atoms with van der Waals surface area (Å²) in [6.07, 6.45) is 0.478. The van der Waals surface area contributed by atoms with Gasteiger partial charge in [-0.1, -0.05) is 13.8 Å². The predicted molar refractivity (Wildman–Crippen MR) is 58.2 cm³/mol. The van der Waals surface area contributed by atoms with Crippen LogP contribution in [0.5, 0.6) is 0 Å². The molecule has 0 saturated carbocycles. The van der Waals surface area contributed by atoms with E-state index < -0.39 is 5.92 Å². The second kappa shape index (κ2) is 6.83. The molecule has 2 atom stereocenters. The highest BCUT2D eigenvalue weighted by molar-refractivity contribution is 5.81. The van der Waals surface area contributed by atoms with Crippen molar-refractivity contribution in [3.05, 3.63) is 0 Å². The number of methoxy groups -OCH3 is 1. The van der Waals surface area contributed by atoms with E-state index in [4.69, 9.17) is 5.26 Å². The Bertz CT molecular complexity index is 296. The van der Waals surface area contributed by atoms with E-state index in [1.807, 2.05) is 6.07 Å². The summed E-state index contributed by atoms with van der Waals surface area (Å²) in [5.74, 6) is -1.62.